The molecule has 0 aliphatic heterocycles. The Morgan fingerprint density at radius 1 is 1.41 bits per heavy atom. The van der Waals surface area contributed by atoms with Crippen LogP contribution in [0, 0.1) is 13.8 Å². The van der Waals surface area contributed by atoms with Gasteiger partial charge in [-0.2, -0.15) is 0 Å². The summed E-state index contributed by atoms with van der Waals surface area (Å²) in [5.74, 6) is 0.669. The van der Waals surface area contributed by atoms with Crippen LogP contribution < -0.4 is 4.74 Å². The van der Waals surface area contributed by atoms with Gasteiger partial charge in [-0.25, -0.2) is 13.4 Å². The summed E-state index contributed by atoms with van der Waals surface area (Å²) in [5.41, 5.74) is 1.19. The molecule has 0 bridgehead atoms. The molecule has 0 saturated heterocycles. The lowest BCUT2D eigenvalue weighted by Gasteiger charge is -2.08. The van der Waals surface area contributed by atoms with Crippen molar-refractivity contribution in [3.8, 4) is 11.6 Å². The molecule has 0 atom stereocenters. The van der Waals surface area contributed by atoms with Crippen molar-refractivity contribution < 1.29 is 18.3 Å². The molecular formula is C11H17NO4S. The number of ether oxygens (including phenoxy) is 1. The van der Waals surface area contributed by atoms with Crippen molar-refractivity contribution >= 4 is 9.84 Å². The third-order valence-electron chi connectivity index (χ3n) is 2.24. The highest BCUT2D eigenvalue weighted by Crippen LogP contribution is 2.23. The predicted molar refractivity (Wildman–Crippen MR) is 65.2 cm³/mol. The highest BCUT2D eigenvalue weighted by Gasteiger charge is 2.06. The summed E-state index contributed by atoms with van der Waals surface area (Å²) in [7, 11) is -2.94. The Morgan fingerprint density at radius 3 is 2.59 bits per heavy atom. The molecule has 5 nitrogen and oxygen atoms in total. The van der Waals surface area contributed by atoms with E-state index in [2.05, 4.69) is 4.98 Å². The number of rotatable bonds is 5. The molecule has 1 heterocycles. The number of aromatic nitrogens is 1. The first-order chi connectivity index (χ1) is 7.79. The van der Waals surface area contributed by atoms with Crippen molar-refractivity contribution in [2.45, 2.75) is 20.3 Å². The van der Waals surface area contributed by atoms with Crippen LogP contribution in [0.3, 0.4) is 0 Å². The van der Waals surface area contributed by atoms with Gasteiger partial charge in [-0.15, -0.1) is 0 Å². The van der Waals surface area contributed by atoms with E-state index in [1.54, 1.807) is 19.9 Å². The topological polar surface area (TPSA) is 76.5 Å². The van der Waals surface area contributed by atoms with Gasteiger partial charge < -0.3 is 9.84 Å². The minimum absolute atomic E-state index is 0.100. The van der Waals surface area contributed by atoms with Gasteiger partial charge >= 0.3 is 0 Å². The zero-order valence-corrected chi connectivity index (χ0v) is 11.0. The predicted octanol–water partition coefficient (Wildman–Crippen LogP) is 1.22. The first-order valence-corrected chi connectivity index (χ1v) is 7.33. The number of sulfone groups is 1. The molecule has 0 amide bonds. The minimum atomic E-state index is -2.94. The molecule has 1 aromatic rings. The van der Waals surface area contributed by atoms with Crippen molar-refractivity contribution in [3.63, 3.8) is 0 Å². The molecule has 6 heteroatoms. The number of nitrogens with zero attached hydrogens (tertiary/aromatic N) is 1. The molecule has 0 unspecified atom stereocenters. The van der Waals surface area contributed by atoms with E-state index in [1.807, 2.05) is 0 Å². The van der Waals surface area contributed by atoms with E-state index >= 15 is 0 Å². The first kappa shape index (κ1) is 13.8. The standard InChI is InChI=1S/C11H17NO4S/c1-8-7-10(12-9(2)11(8)13)16-5-4-6-17(3,14)15/h7,13H,4-6H2,1-3H3. The fraction of sp³-hybridized carbons (Fsp3) is 0.545. The maximum atomic E-state index is 10.9. The maximum Gasteiger partial charge on any atom is 0.213 e. The molecule has 0 spiro atoms. The lowest BCUT2D eigenvalue weighted by Crippen LogP contribution is -2.08. The molecule has 0 saturated carbocycles. The molecule has 0 aliphatic carbocycles. The van der Waals surface area contributed by atoms with Crippen molar-refractivity contribution in [2.75, 3.05) is 18.6 Å². The lowest BCUT2D eigenvalue weighted by molar-refractivity contribution is 0.303. The Balaban J connectivity index is 2.53. The Kier molecular flexibility index (Phi) is 4.34. The van der Waals surface area contributed by atoms with E-state index < -0.39 is 9.84 Å². The molecule has 1 aromatic heterocycles. The summed E-state index contributed by atoms with van der Waals surface area (Å²) in [6.45, 7) is 3.74. The summed E-state index contributed by atoms with van der Waals surface area (Å²) in [6.07, 6.45) is 1.62. The van der Waals surface area contributed by atoms with Gasteiger partial charge in [-0.05, 0) is 25.8 Å². The van der Waals surface area contributed by atoms with Gasteiger partial charge in [-0.3, -0.25) is 0 Å². The monoisotopic (exact) mass is 259 g/mol. The van der Waals surface area contributed by atoms with Crippen molar-refractivity contribution in [3.05, 3.63) is 17.3 Å². The number of hydrogen-bond donors (Lipinski definition) is 1. The quantitative estimate of drug-likeness (QED) is 0.804. The van der Waals surface area contributed by atoms with E-state index in [-0.39, 0.29) is 11.5 Å². The van der Waals surface area contributed by atoms with E-state index in [4.69, 9.17) is 4.74 Å². The summed E-state index contributed by atoms with van der Waals surface area (Å²) in [4.78, 5) is 4.05. The van der Waals surface area contributed by atoms with Crippen LogP contribution in [0.4, 0.5) is 0 Å². The van der Waals surface area contributed by atoms with Crippen LogP contribution in [-0.4, -0.2) is 37.1 Å². The molecular weight excluding hydrogens is 242 g/mol. The van der Waals surface area contributed by atoms with Gasteiger partial charge in [0, 0.05) is 12.3 Å². The Hall–Kier alpha value is -1.30. The highest BCUT2D eigenvalue weighted by molar-refractivity contribution is 7.90. The maximum absolute atomic E-state index is 10.9. The Bertz CT molecular complexity index is 473. The van der Waals surface area contributed by atoms with Crippen molar-refractivity contribution in [1.29, 1.82) is 0 Å². The van der Waals surface area contributed by atoms with Gasteiger partial charge in [0.05, 0.1) is 18.1 Å². The minimum Gasteiger partial charge on any atom is -0.506 e. The SMILES string of the molecule is Cc1cc(OCCCS(C)(=O)=O)nc(C)c1O. The van der Waals surface area contributed by atoms with Crippen molar-refractivity contribution in [1.82, 2.24) is 4.98 Å². The van der Waals surface area contributed by atoms with Crippen LogP contribution in [0.25, 0.3) is 0 Å². The van der Waals surface area contributed by atoms with Crippen molar-refractivity contribution in [2.24, 2.45) is 0 Å². The molecule has 0 fully saturated rings. The van der Waals surface area contributed by atoms with Gasteiger partial charge in [0.2, 0.25) is 5.88 Å². The summed E-state index contributed by atoms with van der Waals surface area (Å²) >= 11 is 0. The summed E-state index contributed by atoms with van der Waals surface area (Å²) < 4.78 is 27.1. The fourth-order valence-corrected chi connectivity index (χ4v) is 2.00. The van der Waals surface area contributed by atoms with Gasteiger partial charge in [0.15, 0.2) is 0 Å². The second-order valence-electron chi connectivity index (χ2n) is 4.04. The van der Waals surface area contributed by atoms with Gasteiger partial charge in [-0.1, -0.05) is 0 Å². The number of hydrogen-bond acceptors (Lipinski definition) is 5. The van der Waals surface area contributed by atoms with Crippen LogP contribution >= 0.6 is 0 Å². The number of aryl methyl sites for hydroxylation is 2. The van der Waals surface area contributed by atoms with Gasteiger partial charge in [0.1, 0.15) is 15.6 Å². The molecule has 0 aliphatic rings. The molecule has 17 heavy (non-hydrogen) atoms. The normalized spacial score (nSPS) is 11.5. The molecule has 0 radical (unpaired) electrons. The van der Waals surface area contributed by atoms with Crippen LogP contribution in [-0.2, 0) is 9.84 Å². The highest BCUT2D eigenvalue weighted by atomic mass is 32.2. The molecule has 1 N–H and O–H groups in total. The van der Waals surface area contributed by atoms with Gasteiger partial charge in [0.25, 0.3) is 0 Å². The molecule has 0 aromatic carbocycles. The average Bonchev–Trinajstić information content (AvgIpc) is 2.19. The van der Waals surface area contributed by atoms with E-state index in [9.17, 15) is 13.5 Å². The Labute approximate surface area is 101 Å². The van der Waals surface area contributed by atoms with E-state index in [0.717, 1.165) is 0 Å². The summed E-state index contributed by atoms with van der Waals surface area (Å²) in [6, 6.07) is 1.63. The number of pyridine rings is 1. The fourth-order valence-electron chi connectivity index (χ4n) is 1.36. The third kappa shape index (κ3) is 4.60. The second kappa shape index (κ2) is 5.35. The molecule has 1 rings (SSSR count). The zero-order valence-electron chi connectivity index (χ0n) is 10.2. The van der Waals surface area contributed by atoms with Crippen LogP contribution in [0.15, 0.2) is 6.07 Å². The zero-order chi connectivity index (χ0) is 13.1. The van der Waals surface area contributed by atoms with E-state index in [0.29, 0.717) is 30.2 Å². The average molecular weight is 259 g/mol. The third-order valence-corrected chi connectivity index (χ3v) is 3.27. The van der Waals surface area contributed by atoms with Crippen LogP contribution in [0.2, 0.25) is 0 Å². The largest absolute Gasteiger partial charge is 0.506 e. The smallest absolute Gasteiger partial charge is 0.213 e. The Morgan fingerprint density at radius 2 is 2.06 bits per heavy atom. The van der Waals surface area contributed by atoms with E-state index in [1.165, 1.54) is 6.26 Å². The lowest BCUT2D eigenvalue weighted by atomic mass is 10.2. The second-order valence-corrected chi connectivity index (χ2v) is 6.30. The van der Waals surface area contributed by atoms with Crippen LogP contribution in [0.5, 0.6) is 11.6 Å². The first-order valence-electron chi connectivity index (χ1n) is 5.27. The summed E-state index contributed by atoms with van der Waals surface area (Å²) in [5, 5.41) is 9.51. The number of aromatic hydroxyl groups is 1. The van der Waals surface area contributed by atoms with Crippen LogP contribution in [0.1, 0.15) is 17.7 Å². The molecule has 96 valence electrons.